The van der Waals surface area contributed by atoms with Gasteiger partial charge in [0.2, 0.25) is 5.88 Å². The van der Waals surface area contributed by atoms with Crippen LogP contribution in [-0.4, -0.2) is 31.4 Å². The smallest absolute Gasteiger partial charge is 0.275 e. The molecule has 0 bridgehead atoms. The third-order valence-corrected chi connectivity index (χ3v) is 5.50. The van der Waals surface area contributed by atoms with Crippen LogP contribution in [0.2, 0.25) is 0 Å². The summed E-state index contributed by atoms with van der Waals surface area (Å²) >= 11 is 1.33. The Morgan fingerprint density at radius 1 is 1.27 bits per heavy atom. The normalized spacial score (nSPS) is 11.2. The lowest BCUT2D eigenvalue weighted by molar-refractivity contribution is 0.102. The van der Waals surface area contributed by atoms with Crippen molar-refractivity contribution in [2.45, 2.75) is 4.90 Å². The van der Waals surface area contributed by atoms with E-state index in [1.807, 2.05) is 30.3 Å². The van der Waals surface area contributed by atoms with Gasteiger partial charge >= 0.3 is 0 Å². The number of aromatic nitrogens is 2. The number of anilines is 1. The van der Waals surface area contributed by atoms with E-state index in [4.69, 9.17) is 15.4 Å². The number of ether oxygens (including phenoxy) is 1. The summed E-state index contributed by atoms with van der Waals surface area (Å²) in [6.07, 6.45) is 1.27. The zero-order chi connectivity index (χ0) is 18.7. The van der Waals surface area contributed by atoms with E-state index in [2.05, 4.69) is 15.3 Å². The molecule has 0 spiro atoms. The minimum absolute atomic E-state index is 0.155. The first-order valence-electron chi connectivity index (χ1n) is 7.19. The number of halogens is 1. The maximum absolute atomic E-state index is 12.4. The quantitative estimate of drug-likeness (QED) is 0.648. The first-order chi connectivity index (χ1) is 12.4. The minimum Gasteiger partial charge on any atom is -0.480 e. The molecule has 0 saturated heterocycles. The third kappa shape index (κ3) is 4.01. The molecule has 1 N–H and O–H groups in total. The number of amides is 1. The number of hydrogen-bond donors (Lipinski definition) is 1. The standard InChI is InChI=1S/C16H12ClN3O4S2/c1-24-15-13(26(17,22)23)7-11(8-18-15)19-14(21)12-9-25-16(20-12)10-5-3-2-4-6-10/h2-9H,1H3,(H,19,21). The molecule has 1 aromatic carbocycles. The van der Waals surface area contributed by atoms with Crippen LogP contribution < -0.4 is 10.1 Å². The maximum atomic E-state index is 12.4. The van der Waals surface area contributed by atoms with E-state index in [0.717, 1.165) is 5.56 Å². The predicted molar refractivity (Wildman–Crippen MR) is 99.3 cm³/mol. The molecule has 0 unspecified atom stereocenters. The van der Waals surface area contributed by atoms with Gasteiger partial charge in [0.1, 0.15) is 15.6 Å². The van der Waals surface area contributed by atoms with Crippen molar-refractivity contribution >= 4 is 42.7 Å². The van der Waals surface area contributed by atoms with Crippen LogP contribution in [0.5, 0.6) is 5.88 Å². The van der Waals surface area contributed by atoms with Gasteiger partial charge in [-0.3, -0.25) is 4.79 Å². The lowest BCUT2D eigenvalue weighted by atomic mass is 10.2. The predicted octanol–water partition coefficient (Wildman–Crippen LogP) is 3.39. The zero-order valence-electron chi connectivity index (χ0n) is 13.3. The Kier molecular flexibility index (Phi) is 5.21. The molecule has 3 aromatic rings. The summed E-state index contributed by atoms with van der Waals surface area (Å²) in [7, 11) is 2.56. The van der Waals surface area contributed by atoms with Gasteiger partial charge in [-0.05, 0) is 6.07 Å². The van der Waals surface area contributed by atoms with Gasteiger partial charge in [0.15, 0.2) is 0 Å². The fraction of sp³-hybridized carbons (Fsp3) is 0.0625. The molecule has 10 heteroatoms. The van der Waals surface area contributed by atoms with Crippen LogP contribution in [0.1, 0.15) is 10.5 Å². The number of nitrogens with one attached hydrogen (secondary N) is 1. The van der Waals surface area contributed by atoms with Crippen molar-refractivity contribution in [1.82, 2.24) is 9.97 Å². The molecule has 0 radical (unpaired) electrons. The number of hydrogen-bond acceptors (Lipinski definition) is 7. The molecule has 0 atom stereocenters. The molecule has 26 heavy (non-hydrogen) atoms. The van der Waals surface area contributed by atoms with Crippen LogP contribution in [0.25, 0.3) is 10.6 Å². The van der Waals surface area contributed by atoms with E-state index < -0.39 is 15.0 Å². The van der Waals surface area contributed by atoms with E-state index in [1.54, 1.807) is 5.38 Å². The number of nitrogens with zero attached hydrogens (tertiary/aromatic N) is 2. The second kappa shape index (κ2) is 7.40. The molecule has 7 nitrogen and oxygen atoms in total. The molecular weight excluding hydrogens is 398 g/mol. The Bertz CT molecular complexity index is 1050. The largest absolute Gasteiger partial charge is 0.480 e. The number of carbonyl (C=O) groups is 1. The number of thiazole rings is 1. The topological polar surface area (TPSA) is 98.2 Å². The van der Waals surface area contributed by atoms with Crippen molar-refractivity contribution < 1.29 is 17.9 Å². The summed E-state index contributed by atoms with van der Waals surface area (Å²) in [5.41, 5.74) is 1.27. The highest BCUT2D eigenvalue weighted by molar-refractivity contribution is 8.13. The van der Waals surface area contributed by atoms with Crippen LogP contribution >= 0.6 is 22.0 Å². The van der Waals surface area contributed by atoms with Crippen molar-refractivity contribution in [3.05, 3.63) is 53.7 Å². The average Bonchev–Trinajstić information content (AvgIpc) is 3.12. The minimum atomic E-state index is -4.08. The summed E-state index contributed by atoms with van der Waals surface area (Å²) in [5.74, 6) is -0.647. The van der Waals surface area contributed by atoms with Gasteiger partial charge in [-0.25, -0.2) is 18.4 Å². The van der Waals surface area contributed by atoms with Crippen LogP contribution in [0.15, 0.2) is 52.9 Å². The Morgan fingerprint density at radius 2 is 2.00 bits per heavy atom. The number of benzene rings is 1. The van der Waals surface area contributed by atoms with Crippen LogP contribution in [0.4, 0.5) is 5.69 Å². The number of carbonyl (C=O) groups excluding carboxylic acids is 1. The summed E-state index contributed by atoms with van der Waals surface area (Å²) in [4.78, 5) is 20.2. The summed E-state index contributed by atoms with van der Waals surface area (Å²) in [6.45, 7) is 0. The molecule has 2 heterocycles. The molecular formula is C16H12ClN3O4S2. The molecule has 0 aliphatic carbocycles. The van der Waals surface area contributed by atoms with Crippen molar-refractivity contribution in [2.75, 3.05) is 12.4 Å². The molecule has 0 saturated carbocycles. The van der Waals surface area contributed by atoms with Gasteiger partial charge in [0.05, 0.1) is 19.0 Å². The lowest BCUT2D eigenvalue weighted by Crippen LogP contribution is -2.13. The average molecular weight is 410 g/mol. The highest BCUT2D eigenvalue weighted by Crippen LogP contribution is 2.28. The fourth-order valence-electron chi connectivity index (χ4n) is 2.11. The molecule has 134 valence electrons. The first-order valence-corrected chi connectivity index (χ1v) is 10.4. The SMILES string of the molecule is COc1ncc(NC(=O)c2csc(-c3ccccc3)n2)cc1S(=O)(=O)Cl. The van der Waals surface area contributed by atoms with E-state index >= 15 is 0 Å². The number of methoxy groups -OCH3 is 1. The summed E-state index contributed by atoms with van der Waals surface area (Å²) in [6, 6.07) is 10.6. The maximum Gasteiger partial charge on any atom is 0.275 e. The van der Waals surface area contributed by atoms with E-state index in [-0.39, 0.29) is 22.2 Å². The van der Waals surface area contributed by atoms with Gasteiger partial charge in [0.25, 0.3) is 15.0 Å². The first kappa shape index (κ1) is 18.3. The second-order valence-electron chi connectivity index (χ2n) is 5.03. The van der Waals surface area contributed by atoms with Gasteiger partial charge in [-0.1, -0.05) is 30.3 Å². The molecule has 0 aliphatic rings. The molecule has 3 rings (SSSR count). The summed E-state index contributed by atoms with van der Waals surface area (Å²) in [5, 5.41) is 4.87. The highest BCUT2D eigenvalue weighted by atomic mass is 35.7. The van der Waals surface area contributed by atoms with Gasteiger partial charge in [-0.15, -0.1) is 11.3 Å². The van der Waals surface area contributed by atoms with Crippen molar-refractivity contribution in [1.29, 1.82) is 0 Å². The third-order valence-electron chi connectivity index (χ3n) is 3.29. The highest BCUT2D eigenvalue weighted by Gasteiger charge is 2.20. The Hall–Kier alpha value is -2.49. The molecule has 1 amide bonds. The Balaban J connectivity index is 1.84. The second-order valence-corrected chi connectivity index (χ2v) is 8.42. The zero-order valence-corrected chi connectivity index (χ0v) is 15.7. The van der Waals surface area contributed by atoms with E-state index in [0.29, 0.717) is 5.01 Å². The van der Waals surface area contributed by atoms with Crippen LogP contribution in [0, 0.1) is 0 Å². The molecule has 0 fully saturated rings. The monoisotopic (exact) mass is 409 g/mol. The lowest BCUT2D eigenvalue weighted by Gasteiger charge is -2.08. The van der Waals surface area contributed by atoms with Gasteiger partial charge in [-0.2, -0.15) is 0 Å². The number of rotatable bonds is 5. The summed E-state index contributed by atoms with van der Waals surface area (Å²) < 4.78 is 28.1. The van der Waals surface area contributed by atoms with E-state index in [9.17, 15) is 13.2 Å². The van der Waals surface area contributed by atoms with Crippen LogP contribution in [-0.2, 0) is 9.05 Å². The van der Waals surface area contributed by atoms with E-state index in [1.165, 1.54) is 30.7 Å². The van der Waals surface area contributed by atoms with Crippen molar-refractivity contribution in [3.63, 3.8) is 0 Å². The molecule has 0 aliphatic heterocycles. The van der Waals surface area contributed by atoms with Crippen molar-refractivity contribution in [2.24, 2.45) is 0 Å². The van der Waals surface area contributed by atoms with Gasteiger partial charge < -0.3 is 10.1 Å². The number of pyridine rings is 1. The fourth-order valence-corrected chi connectivity index (χ4v) is 3.87. The molecule has 2 aromatic heterocycles. The van der Waals surface area contributed by atoms with Gasteiger partial charge in [0, 0.05) is 21.6 Å². The van der Waals surface area contributed by atoms with Crippen molar-refractivity contribution in [3.8, 4) is 16.5 Å². The van der Waals surface area contributed by atoms with Crippen LogP contribution in [0.3, 0.4) is 0 Å². The Morgan fingerprint density at radius 3 is 2.65 bits per heavy atom. The Labute approximate surface area is 158 Å².